The van der Waals surface area contributed by atoms with Crippen LogP contribution in [-0.2, 0) is 4.74 Å². The second kappa shape index (κ2) is 8.12. The number of aryl methyl sites for hydroxylation is 1. The van der Waals surface area contributed by atoms with E-state index in [9.17, 15) is 15.2 Å². The van der Waals surface area contributed by atoms with Crippen LogP contribution in [0.2, 0.25) is 0 Å². The summed E-state index contributed by atoms with van der Waals surface area (Å²) < 4.78 is 5.35. The Morgan fingerprint density at radius 3 is 2.58 bits per heavy atom. The van der Waals surface area contributed by atoms with Crippen LogP contribution in [0.4, 0.5) is 0 Å². The van der Waals surface area contributed by atoms with E-state index in [0.29, 0.717) is 16.9 Å². The van der Waals surface area contributed by atoms with E-state index in [2.05, 4.69) is 20.2 Å². The number of H-pyrrole nitrogens is 1. The first-order chi connectivity index (χ1) is 15.0. The molecular weight excluding hydrogens is 396 g/mol. The highest BCUT2D eigenvalue weighted by Crippen LogP contribution is 2.22. The Kier molecular flexibility index (Phi) is 5.20. The van der Waals surface area contributed by atoms with Gasteiger partial charge >= 0.3 is 5.97 Å². The highest BCUT2D eigenvalue weighted by molar-refractivity contribution is 5.89. The lowest BCUT2D eigenvalue weighted by molar-refractivity contribution is 0.0326. The number of fused-ring (bicyclic) bond motifs is 1. The second-order valence-corrected chi connectivity index (χ2v) is 6.78. The van der Waals surface area contributed by atoms with Gasteiger partial charge < -0.3 is 14.8 Å². The SMILES string of the molecule is Cc1nn(-c2ccccc2)nc1C(=O)O[C@@H](C)/C(O)=C(\C#N)c1nc2ccccc2[nH]1. The van der Waals surface area contributed by atoms with Crippen molar-refractivity contribution in [1.82, 2.24) is 25.0 Å². The predicted octanol–water partition coefficient (Wildman–Crippen LogP) is 3.49. The van der Waals surface area contributed by atoms with Crippen molar-refractivity contribution in [2.24, 2.45) is 0 Å². The summed E-state index contributed by atoms with van der Waals surface area (Å²) in [5, 5.41) is 28.6. The number of esters is 1. The van der Waals surface area contributed by atoms with E-state index in [1.165, 1.54) is 11.7 Å². The molecule has 154 valence electrons. The molecule has 0 radical (unpaired) electrons. The number of nitriles is 1. The standard InChI is InChI=1S/C22H18N6O3/c1-13-19(27-28(26-13)15-8-4-3-5-9-15)22(30)31-14(2)20(29)16(12-23)21-24-17-10-6-7-11-18(17)25-21/h3-11,14,29H,1-2H3,(H,24,25)/b20-16-/t14-/m0/s1. The molecule has 31 heavy (non-hydrogen) atoms. The summed E-state index contributed by atoms with van der Waals surface area (Å²) in [5.74, 6) is -0.987. The number of carbonyl (C=O) groups excluding carboxylic acids is 1. The van der Waals surface area contributed by atoms with Gasteiger partial charge in [0.2, 0.25) is 0 Å². The maximum absolute atomic E-state index is 12.6. The number of nitrogens with one attached hydrogen (secondary N) is 1. The van der Waals surface area contributed by atoms with E-state index >= 15 is 0 Å². The van der Waals surface area contributed by atoms with E-state index in [1.54, 1.807) is 31.2 Å². The summed E-state index contributed by atoms with van der Waals surface area (Å²) in [6.07, 6.45) is -1.10. The number of para-hydroxylation sites is 3. The first-order valence-electron chi connectivity index (χ1n) is 9.46. The average molecular weight is 414 g/mol. The molecule has 0 bridgehead atoms. The molecule has 0 aliphatic rings. The van der Waals surface area contributed by atoms with Crippen molar-refractivity contribution in [3.63, 3.8) is 0 Å². The maximum atomic E-state index is 12.6. The molecule has 0 saturated carbocycles. The fourth-order valence-electron chi connectivity index (χ4n) is 3.02. The first-order valence-corrected chi connectivity index (χ1v) is 9.46. The molecule has 0 fully saturated rings. The zero-order chi connectivity index (χ0) is 22.0. The molecule has 4 aromatic rings. The van der Waals surface area contributed by atoms with Crippen LogP contribution in [0.1, 0.15) is 28.9 Å². The van der Waals surface area contributed by atoms with Gasteiger partial charge in [-0.05, 0) is 38.1 Å². The van der Waals surface area contributed by atoms with E-state index in [0.717, 1.165) is 5.52 Å². The maximum Gasteiger partial charge on any atom is 0.361 e. The number of rotatable bonds is 5. The normalized spacial score (nSPS) is 12.8. The first kappa shape index (κ1) is 19.8. The van der Waals surface area contributed by atoms with E-state index < -0.39 is 17.8 Å². The van der Waals surface area contributed by atoms with Crippen LogP contribution in [0.3, 0.4) is 0 Å². The lowest BCUT2D eigenvalue weighted by atomic mass is 10.1. The molecule has 2 aromatic heterocycles. The van der Waals surface area contributed by atoms with Crippen LogP contribution >= 0.6 is 0 Å². The molecular formula is C22H18N6O3. The molecule has 0 amide bonds. The van der Waals surface area contributed by atoms with Crippen molar-refractivity contribution >= 4 is 22.6 Å². The Bertz CT molecular complexity index is 1300. The molecule has 2 N–H and O–H groups in total. The topological polar surface area (TPSA) is 130 Å². The quantitative estimate of drug-likeness (QED) is 0.290. The van der Waals surface area contributed by atoms with Crippen LogP contribution in [0.25, 0.3) is 22.3 Å². The minimum Gasteiger partial charge on any atom is -0.507 e. The fourth-order valence-corrected chi connectivity index (χ4v) is 3.02. The van der Waals surface area contributed by atoms with Gasteiger partial charge in [-0.3, -0.25) is 0 Å². The van der Waals surface area contributed by atoms with Crippen molar-refractivity contribution < 1.29 is 14.6 Å². The van der Waals surface area contributed by atoms with Gasteiger partial charge in [-0.1, -0.05) is 30.3 Å². The van der Waals surface area contributed by atoms with E-state index in [1.807, 2.05) is 36.4 Å². The van der Waals surface area contributed by atoms with Crippen molar-refractivity contribution in [2.75, 3.05) is 0 Å². The molecule has 0 aliphatic heterocycles. The lowest BCUT2D eigenvalue weighted by Gasteiger charge is -2.12. The minimum atomic E-state index is -1.10. The van der Waals surface area contributed by atoms with Gasteiger partial charge in [0.25, 0.3) is 0 Å². The molecule has 2 heterocycles. The van der Waals surface area contributed by atoms with Crippen molar-refractivity contribution in [2.45, 2.75) is 20.0 Å². The third kappa shape index (κ3) is 3.86. The summed E-state index contributed by atoms with van der Waals surface area (Å²) in [4.78, 5) is 21.3. The molecule has 0 unspecified atom stereocenters. The van der Waals surface area contributed by atoms with Crippen molar-refractivity contribution in [3.05, 3.63) is 77.6 Å². The number of nitrogens with zero attached hydrogens (tertiary/aromatic N) is 5. The fraction of sp³-hybridized carbons (Fsp3) is 0.136. The lowest BCUT2D eigenvalue weighted by Crippen LogP contribution is -2.19. The number of aliphatic hydroxyl groups is 1. The Hall–Kier alpha value is -4.45. The Balaban J connectivity index is 1.58. The molecule has 2 aromatic carbocycles. The van der Waals surface area contributed by atoms with Crippen molar-refractivity contribution in [1.29, 1.82) is 5.26 Å². The predicted molar refractivity (Wildman–Crippen MR) is 112 cm³/mol. The van der Waals surface area contributed by atoms with Crippen LogP contribution in [-0.4, -0.2) is 42.1 Å². The van der Waals surface area contributed by atoms with Crippen LogP contribution in [0, 0.1) is 18.3 Å². The number of aliphatic hydroxyl groups excluding tert-OH is 1. The second-order valence-electron chi connectivity index (χ2n) is 6.78. The van der Waals surface area contributed by atoms with Gasteiger partial charge in [-0.2, -0.15) is 15.2 Å². The number of imidazole rings is 1. The summed E-state index contributed by atoms with van der Waals surface area (Å²) >= 11 is 0. The van der Waals surface area contributed by atoms with Crippen LogP contribution < -0.4 is 0 Å². The Labute approximate surface area is 177 Å². The Morgan fingerprint density at radius 1 is 1.16 bits per heavy atom. The third-order valence-electron chi connectivity index (χ3n) is 4.63. The van der Waals surface area contributed by atoms with Crippen LogP contribution in [0.15, 0.2) is 60.4 Å². The molecule has 9 nitrogen and oxygen atoms in total. The monoisotopic (exact) mass is 414 g/mol. The summed E-state index contributed by atoms with van der Waals surface area (Å²) in [6.45, 7) is 3.10. The van der Waals surface area contributed by atoms with Gasteiger partial charge in [-0.25, -0.2) is 9.78 Å². The molecule has 0 aliphatic carbocycles. The molecule has 1 atom stereocenters. The number of ether oxygens (including phenoxy) is 1. The number of aromatic amines is 1. The van der Waals surface area contributed by atoms with Crippen molar-refractivity contribution in [3.8, 4) is 11.8 Å². The largest absolute Gasteiger partial charge is 0.507 e. The number of carbonyl (C=O) groups is 1. The summed E-state index contributed by atoms with van der Waals surface area (Å²) in [5.41, 5.74) is 2.35. The van der Waals surface area contributed by atoms with E-state index in [4.69, 9.17) is 4.74 Å². The highest BCUT2D eigenvalue weighted by Gasteiger charge is 2.25. The van der Waals surface area contributed by atoms with Gasteiger partial charge in [0.05, 0.1) is 22.4 Å². The number of benzene rings is 2. The minimum absolute atomic E-state index is 0.0192. The third-order valence-corrected chi connectivity index (χ3v) is 4.63. The zero-order valence-electron chi connectivity index (χ0n) is 16.8. The molecule has 9 heteroatoms. The number of allylic oxidation sites excluding steroid dienone is 1. The summed E-state index contributed by atoms with van der Waals surface area (Å²) in [7, 11) is 0. The molecule has 0 spiro atoms. The van der Waals surface area contributed by atoms with Gasteiger partial charge in [-0.15, -0.1) is 5.10 Å². The number of hydrogen-bond acceptors (Lipinski definition) is 7. The summed E-state index contributed by atoms with van der Waals surface area (Å²) in [6, 6.07) is 18.3. The smallest absolute Gasteiger partial charge is 0.361 e. The Morgan fingerprint density at radius 2 is 1.87 bits per heavy atom. The average Bonchev–Trinajstić information content (AvgIpc) is 3.38. The zero-order valence-corrected chi connectivity index (χ0v) is 16.8. The molecule has 0 saturated heterocycles. The van der Waals surface area contributed by atoms with E-state index in [-0.39, 0.29) is 17.1 Å². The van der Waals surface area contributed by atoms with Gasteiger partial charge in [0.15, 0.2) is 23.4 Å². The number of hydrogen-bond donors (Lipinski definition) is 2. The molecule has 4 rings (SSSR count). The van der Waals surface area contributed by atoms with Gasteiger partial charge in [0, 0.05) is 0 Å². The van der Waals surface area contributed by atoms with Crippen LogP contribution in [0.5, 0.6) is 0 Å². The number of aromatic nitrogens is 5. The highest BCUT2D eigenvalue weighted by atomic mass is 16.6. The van der Waals surface area contributed by atoms with Gasteiger partial charge in [0.1, 0.15) is 11.6 Å².